The summed E-state index contributed by atoms with van der Waals surface area (Å²) >= 11 is 0. The molecule has 3 aliphatic carbocycles. The van der Waals surface area contributed by atoms with Crippen molar-refractivity contribution < 1.29 is 120 Å². The molecule has 11 atom stereocenters. The Labute approximate surface area is 771 Å². The number of rotatable bonds is 37. The van der Waals surface area contributed by atoms with Gasteiger partial charge in [0.15, 0.2) is 0 Å². The fourth-order valence-corrected chi connectivity index (χ4v) is 15.7. The molecule has 123 heavy (non-hydrogen) atoms. The summed E-state index contributed by atoms with van der Waals surface area (Å²) in [5.41, 5.74) is 18.9. The van der Waals surface area contributed by atoms with Crippen LogP contribution in [0.2, 0.25) is 0 Å². The standard InChI is InChI=1S/C32H50N6O5.C31H48N7O5.C26H40N6O4.K.H/c1-6-26(18-35-37-32(42)34-17-23-12-14-25(15-13-23)29(39)33-5)36-30(40)28-16-27(43-20-24-10-8-7-9-11-24)19-38(28)31(41)22(4)21(2)3;1-5-24(17-35-37-31(42)34-16-21-11-13-23(14-12-21)28(39)33-4)36-29(40)26-15-25(43-19-22-9-7-6-8-10-22)18-38(26)30(41)27(32)20(2)3;1-3-21(15-30-32-26(35)29-14-18-9-11-20(12-10-18)24(33)27-2)31-25(34)23-13-22(16-28-23)36-17-19-7-5-4-6-8-19;;/h7-11,18,21-23,25-28H,6,12-17,19-20H2,1-5H3,(H,33,39)(H,36,40)(H2,34,37,42);6-10,17,20-21,23-27,32H,5,11-16,18-19H2,1-4H3,(H,33,39)(H,36,40)(H2,34,37,42);4-8,15,18,20-23,28H,3,9-14,16-17H2,1-2H3,(H,27,33)(H,31,34)(H2,29,32,35);;/q;-1;;+1;-1/b35-18+;35-17+;30-15+;;/t22-,23?,25?,26-,27+,28-;21?,23?,24-,25+,26-,27-;18?,20?,21-,22+,23-;;/m000../s1/i;;;;1+2. The van der Waals surface area contributed by atoms with E-state index in [0.29, 0.717) is 109 Å². The molecule has 6 aliphatic rings. The van der Waals surface area contributed by atoms with E-state index in [1.807, 2.05) is 146 Å². The number of likely N-dealkylation sites (tertiary alicyclic amines) is 2. The number of carbonyl (C=O) groups excluding carboxylic acids is 11. The van der Waals surface area contributed by atoms with E-state index in [4.69, 9.17) is 19.9 Å². The molecule has 33 nitrogen and oxygen atoms in total. The number of hydrazone groups is 3. The van der Waals surface area contributed by atoms with Crippen molar-refractivity contribution in [3.63, 3.8) is 0 Å². The van der Waals surface area contributed by atoms with Crippen molar-refractivity contribution in [3.8, 4) is 0 Å². The minimum atomic E-state index is -0.972. The van der Waals surface area contributed by atoms with Crippen molar-refractivity contribution in [2.45, 2.75) is 251 Å². The second-order valence-corrected chi connectivity index (χ2v) is 33.6. The van der Waals surface area contributed by atoms with E-state index in [2.05, 4.69) is 84.7 Å². The number of nitrogens with zero attached hydrogens (tertiary/aromatic N) is 5. The third-order valence-electron chi connectivity index (χ3n) is 24.0. The number of nitrogens with one attached hydrogen (secondary N) is 14. The first-order valence-corrected chi connectivity index (χ1v) is 44.0. The van der Waals surface area contributed by atoms with Crippen LogP contribution >= 0.6 is 0 Å². The van der Waals surface area contributed by atoms with E-state index in [-0.39, 0.29) is 179 Å². The van der Waals surface area contributed by atoms with E-state index in [9.17, 15) is 52.7 Å². The van der Waals surface area contributed by atoms with Crippen LogP contribution in [-0.2, 0) is 72.4 Å². The number of ether oxygens (including phenoxy) is 3. The van der Waals surface area contributed by atoms with Gasteiger partial charge < -0.3 is 84.3 Å². The number of hydrogen-bond donors (Lipinski definition) is 13. The SMILES string of the molecule is CC[C@@H](/C=N/NC(=O)NCC1CCC(C(=O)NC)CC1)NC(=O)[C@@H]1C[C@@H](OCc2ccccc2)CN1.CC[C@@H](/C=N/NC(=O)NCC1CCC(C(=O)NC)CC1)NC(=O)[C@@H]1C[C@@H](OCc2ccccc2)CN1C(=O)[C@@H](C)C(C)C.CC[C@@H](/C=N/NC(=O)NCC1CCC(C(=O)NC)CC1)NC(=O)[C@@H]1C[C@@H](OCc2ccccc2)CN1C(=O)[C@@H]([NH-])C(C)C.[3H-].[K+]. The van der Waals surface area contributed by atoms with Gasteiger partial charge in [0, 0.05) is 116 Å². The topological polar surface area (TPSA) is 439 Å². The minimum absolute atomic E-state index is 0. The molecule has 3 aromatic carbocycles. The summed E-state index contributed by atoms with van der Waals surface area (Å²) in [4.78, 5) is 141. The minimum Gasteiger partial charge on any atom is -1.00 e. The second kappa shape index (κ2) is 55.9. The molecular formula is C89H139KN19O14-. The van der Waals surface area contributed by atoms with Crippen molar-refractivity contribution in [3.05, 3.63) is 113 Å². The maximum atomic E-state index is 13.5. The molecule has 0 radical (unpaired) electrons. The molecule has 14 N–H and O–H groups in total. The Bertz CT molecular complexity index is 3670. The molecule has 0 unspecified atom stereocenters. The van der Waals surface area contributed by atoms with Crippen molar-refractivity contribution in [1.29, 1.82) is 0 Å². The Morgan fingerprint density at radius 2 is 0.756 bits per heavy atom. The number of urea groups is 3. The first-order chi connectivity index (χ1) is 58.7. The molecule has 14 amide bonds. The zero-order chi connectivity index (χ0) is 88.5. The maximum Gasteiger partial charge on any atom is 1.00 e. The van der Waals surface area contributed by atoms with Gasteiger partial charge in [-0.1, -0.05) is 158 Å². The predicted molar refractivity (Wildman–Crippen MR) is 470 cm³/mol. The van der Waals surface area contributed by atoms with Crippen LogP contribution in [0.5, 0.6) is 0 Å². The van der Waals surface area contributed by atoms with Crippen molar-refractivity contribution in [2.24, 2.45) is 68.6 Å². The Morgan fingerprint density at radius 1 is 0.439 bits per heavy atom. The van der Waals surface area contributed by atoms with Crippen molar-refractivity contribution in [1.82, 2.24) is 79.2 Å². The molecule has 676 valence electrons. The number of carbonyl (C=O) groups is 11. The second-order valence-electron chi connectivity index (χ2n) is 33.6. The molecule has 34 heteroatoms. The van der Waals surface area contributed by atoms with Crippen molar-refractivity contribution in [2.75, 3.05) is 60.4 Å². The molecule has 3 aromatic rings. The Morgan fingerprint density at radius 3 is 1.07 bits per heavy atom. The van der Waals surface area contributed by atoms with E-state index >= 15 is 0 Å². The van der Waals surface area contributed by atoms with Gasteiger partial charge in [0.25, 0.3) is 0 Å². The van der Waals surface area contributed by atoms with E-state index in [1.165, 1.54) is 17.3 Å². The number of amides is 14. The summed E-state index contributed by atoms with van der Waals surface area (Å²) in [7, 11) is 4.98. The molecule has 3 saturated heterocycles. The summed E-state index contributed by atoms with van der Waals surface area (Å²) in [5.74, 6) is 0.0546. The largest absolute Gasteiger partial charge is 1.00 e. The molecule has 9 rings (SSSR count). The average molecular weight is 1740 g/mol. The normalized spacial score (nSPS) is 23.7. The van der Waals surface area contributed by atoms with Crippen LogP contribution in [-0.4, -0.2) is 215 Å². The monoisotopic (exact) mass is 1740 g/mol. The van der Waals surface area contributed by atoms with E-state index in [1.54, 1.807) is 32.3 Å². The Hall–Kier alpha value is -8.32. The van der Waals surface area contributed by atoms with E-state index in [0.717, 1.165) is 93.7 Å². The maximum absolute atomic E-state index is 13.5. The summed E-state index contributed by atoms with van der Waals surface area (Å²) in [6.07, 6.45) is 17.3. The van der Waals surface area contributed by atoms with E-state index < -0.39 is 42.3 Å². The van der Waals surface area contributed by atoms with Gasteiger partial charge in [-0.2, -0.15) is 15.3 Å². The van der Waals surface area contributed by atoms with Gasteiger partial charge in [0.1, 0.15) is 12.1 Å². The van der Waals surface area contributed by atoms with Gasteiger partial charge in [-0.05, 0) is 143 Å². The molecule has 3 aliphatic heterocycles. The quantitative estimate of drug-likeness (QED) is 0.0206. The van der Waals surface area contributed by atoms with Crippen LogP contribution < -0.4 is 121 Å². The first kappa shape index (κ1) is 103. The molecule has 6 fully saturated rings. The Kier molecular flexibility index (Phi) is 47.0. The molecular weight excluding hydrogens is 1600 g/mol. The van der Waals surface area contributed by atoms with Crippen molar-refractivity contribution >= 4 is 84.0 Å². The summed E-state index contributed by atoms with van der Waals surface area (Å²) in [6.45, 7) is 19.4. The molecule has 0 spiro atoms. The molecule has 0 bridgehead atoms. The van der Waals surface area contributed by atoms with Crippen LogP contribution in [0.15, 0.2) is 106 Å². The molecule has 3 heterocycles. The van der Waals surface area contributed by atoms with Crippen LogP contribution in [0.1, 0.15) is 189 Å². The zero-order valence-corrected chi connectivity index (χ0v) is 77.5. The van der Waals surface area contributed by atoms with Gasteiger partial charge in [0.2, 0.25) is 47.3 Å². The molecule has 0 aromatic heterocycles. The first-order valence-electron chi connectivity index (χ1n) is 44.0. The fourth-order valence-electron chi connectivity index (χ4n) is 15.7. The smallest absolute Gasteiger partial charge is 1.00 e. The fraction of sp³-hybridized carbons (Fsp3) is 0.640. The average Bonchev–Trinajstić information content (AvgIpc) is 1.67. The van der Waals surface area contributed by atoms with Crippen LogP contribution in [0.4, 0.5) is 14.4 Å². The summed E-state index contributed by atoms with van der Waals surface area (Å²) in [5, 5.41) is 40.8. The predicted octanol–water partition coefficient (Wildman–Crippen LogP) is 4.96. The molecule has 3 saturated carbocycles. The van der Waals surface area contributed by atoms with Gasteiger partial charge in [-0.15, -0.1) is 0 Å². The van der Waals surface area contributed by atoms with Crippen LogP contribution in [0.3, 0.4) is 0 Å². The zero-order valence-electron chi connectivity index (χ0n) is 75.4. The Balaban J connectivity index is 0.000000329. The third kappa shape index (κ3) is 35.9. The van der Waals surface area contributed by atoms with Gasteiger partial charge >= 0.3 is 69.5 Å². The number of hydrogen-bond acceptors (Lipinski definition) is 18. The number of benzene rings is 3. The summed E-state index contributed by atoms with van der Waals surface area (Å²) < 4.78 is 18.1. The van der Waals surface area contributed by atoms with Crippen LogP contribution in [0.25, 0.3) is 5.73 Å². The van der Waals surface area contributed by atoms with Gasteiger partial charge in [-0.25, -0.2) is 30.7 Å². The van der Waals surface area contributed by atoms with Gasteiger partial charge in [-0.3, -0.25) is 38.4 Å². The summed E-state index contributed by atoms with van der Waals surface area (Å²) in [6, 6.07) is 24.4. The van der Waals surface area contributed by atoms with Crippen LogP contribution in [0, 0.1) is 53.3 Å². The third-order valence-corrected chi connectivity index (χ3v) is 24.0. The van der Waals surface area contributed by atoms with Gasteiger partial charge in [0.05, 0.1) is 62.3 Å².